The normalized spacial score (nSPS) is 12.5. The van der Waals surface area contributed by atoms with Crippen LogP contribution in [0.1, 0.15) is 15.9 Å². The van der Waals surface area contributed by atoms with Crippen molar-refractivity contribution in [3.05, 3.63) is 34.5 Å². The van der Waals surface area contributed by atoms with Gasteiger partial charge in [0.15, 0.2) is 0 Å². The highest BCUT2D eigenvalue weighted by molar-refractivity contribution is 5.88. The van der Waals surface area contributed by atoms with Crippen LogP contribution in [0.4, 0.5) is 5.69 Å². The van der Waals surface area contributed by atoms with Crippen molar-refractivity contribution in [1.29, 1.82) is 0 Å². The third kappa shape index (κ3) is 2.05. The Morgan fingerprint density at radius 3 is 2.54 bits per heavy atom. The molecule has 0 aliphatic rings. The van der Waals surface area contributed by atoms with Gasteiger partial charge in [-0.1, -0.05) is 0 Å². The van der Waals surface area contributed by atoms with Crippen LogP contribution in [-0.4, -0.2) is 18.1 Å². The number of hydroxylamine groups is 1. The minimum atomic E-state index is -0.974. The highest BCUT2D eigenvalue weighted by atomic mass is 16.5. The number of benzene rings is 1. The number of quaternary nitrogens is 1. The topological polar surface area (TPSA) is 64.8 Å². The number of hydrogen-bond donors (Lipinski definition) is 2. The van der Waals surface area contributed by atoms with Crippen molar-refractivity contribution in [2.45, 2.75) is 6.92 Å². The molecule has 0 unspecified atom stereocenters. The van der Waals surface area contributed by atoms with Gasteiger partial charge in [-0.15, -0.1) is 0 Å². The molecule has 0 bridgehead atoms. The van der Waals surface area contributed by atoms with Crippen molar-refractivity contribution < 1.29 is 15.0 Å². The van der Waals surface area contributed by atoms with Crippen LogP contribution in [0.2, 0.25) is 0 Å². The van der Waals surface area contributed by atoms with Gasteiger partial charge in [0.1, 0.15) is 5.69 Å². The first kappa shape index (κ1) is 9.70. The molecule has 0 aliphatic heterocycles. The number of carboxylic acid groups (broad SMARTS) is 1. The summed E-state index contributed by atoms with van der Waals surface area (Å²) in [6.07, 6.45) is 0. The van der Waals surface area contributed by atoms with E-state index in [1.54, 1.807) is 13.0 Å². The van der Waals surface area contributed by atoms with Crippen LogP contribution in [0.5, 0.6) is 0 Å². The van der Waals surface area contributed by atoms with Crippen molar-refractivity contribution in [2.75, 3.05) is 7.05 Å². The molecule has 0 aromatic heterocycles. The lowest BCUT2D eigenvalue weighted by Gasteiger charge is -2.17. The molecular formula is C9H11NO3. The average molecular weight is 181 g/mol. The van der Waals surface area contributed by atoms with E-state index in [0.29, 0.717) is 11.3 Å². The minimum absolute atomic E-state index is 0.0468. The monoisotopic (exact) mass is 181 g/mol. The molecule has 0 spiro atoms. The number of aryl methyl sites for hydroxylation is 1. The summed E-state index contributed by atoms with van der Waals surface area (Å²) >= 11 is 0. The van der Waals surface area contributed by atoms with Crippen molar-refractivity contribution in [2.24, 2.45) is 0 Å². The second kappa shape index (κ2) is 3.55. The Morgan fingerprint density at radius 1 is 1.54 bits per heavy atom. The standard InChI is InChI=1S/C9H11NO3/c1-6-5-7(9(11)12)3-4-8(6)10(2)13/h3-5,10H,1-2H3,(H,11,12). The predicted molar refractivity (Wildman–Crippen MR) is 48.1 cm³/mol. The van der Waals surface area contributed by atoms with Crippen LogP contribution in [0.3, 0.4) is 0 Å². The number of aromatic carboxylic acids is 1. The van der Waals surface area contributed by atoms with Gasteiger partial charge in [0.2, 0.25) is 0 Å². The molecular weight excluding hydrogens is 170 g/mol. The minimum Gasteiger partial charge on any atom is -0.629 e. The second-order valence-corrected chi connectivity index (χ2v) is 2.89. The summed E-state index contributed by atoms with van der Waals surface area (Å²) in [4.78, 5) is 10.5. The molecule has 4 nitrogen and oxygen atoms in total. The van der Waals surface area contributed by atoms with Gasteiger partial charge < -0.3 is 15.4 Å². The quantitative estimate of drug-likeness (QED) is 0.646. The lowest BCUT2D eigenvalue weighted by atomic mass is 10.1. The maximum Gasteiger partial charge on any atom is 0.335 e. The van der Waals surface area contributed by atoms with E-state index in [1.807, 2.05) is 0 Å². The summed E-state index contributed by atoms with van der Waals surface area (Å²) in [5.41, 5.74) is 1.49. The predicted octanol–water partition coefficient (Wildman–Crippen LogP) is 0.337. The molecule has 70 valence electrons. The highest BCUT2D eigenvalue weighted by Crippen LogP contribution is 2.12. The molecule has 0 saturated heterocycles. The van der Waals surface area contributed by atoms with Crippen LogP contribution in [-0.2, 0) is 0 Å². The van der Waals surface area contributed by atoms with E-state index in [4.69, 9.17) is 5.11 Å². The first-order valence-electron chi connectivity index (χ1n) is 3.87. The third-order valence-corrected chi connectivity index (χ3v) is 1.85. The molecule has 0 amide bonds. The van der Waals surface area contributed by atoms with E-state index >= 15 is 0 Å². The zero-order valence-electron chi connectivity index (χ0n) is 7.50. The van der Waals surface area contributed by atoms with E-state index < -0.39 is 5.97 Å². The van der Waals surface area contributed by atoms with Crippen LogP contribution >= 0.6 is 0 Å². The Hall–Kier alpha value is -1.39. The lowest BCUT2D eigenvalue weighted by molar-refractivity contribution is -0.751. The fourth-order valence-corrected chi connectivity index (χ4v) is 1.19. The van der Waals surface area contributed by atoms with E-state index in [9.17, 15) is 10.0 Å². The molecule has 2 N–H and O–H groups in total. The van der Waals surface area contributed by atoms with Crippen LogP contribution < -0.4 is 5.06 Å². The molecule has 0 heterocycles. The van der Waals surface area contributed by atoms with Gasteiger partial charge in [-0.05, 0) is 19.1 Å². The fraction of sp³-hybridized carbons (Fsp3) is 0.222. The highest BCUT2D eigenvalue weighted by Gasteiger charge is 2.07. The van der Waals surface area contributed by atoms with Gasteiger partial charge >= 0.3 is 5.97 Å². The Balaban J connectivity index is 3.13. The Labute approximate surface area is 76.0 Å². The van der Waals surface area contributed by atoms with Gasteiger partial charge in [-0.2, -0.15) is 0 Å². The summed E-state index contributed by atoms with van der Waals surface area (Å²) in [5, 5.41) is 19.6. The second-order valence-electron chi connectivity index (χ2n) is 2.89. The Morgan fingerprint density at radius 2 is 2.15 bits per heavy atom. The van der Waals surface area contributed by atoms with Crippen LogP contribution in [0, 0.1) is 12.1 Å². The molecule has 0 radical (unpaired) electrons. The largest absolute Gasteiger partial charge is 0.629 e. The number of nitrogens with one attached hydrogen (secondary N) is 1. The van der Waals surface area contributed by atoms with Crippen molar-refractivity contribution in [3.8, 4) is 0 Å². The SMILES string of the molecule is Cc1cc(C(=O)O)ccc1[N@H+](C)[O-]. The number of carboxylic acids is 1. The summed E-state index contributed by atoms with van der Waals surface area (Å²) in [7, 11) is 1.46. The first-order valence-corrected chi connectivity index (χ1v) is 3.87. The summed E-state index contributed by atoms with van der Waals surface area (Å²) in [6, 6.07) is 4.48. The number of hydrogen-bond acceptors (Lipinski definition) is 2. The van der Waals surface area contributed by atoms with Gasteiger partial charge in [0, 0.05) is 11.6 Å². The lowest BCUT2D eigenvalue weighted by Crippen LogP contribution is -2.98. The van der Waals surface area contributed by atoms with Crippen LogP contribution in [0.25, 0.3) is 0 Å². The first-order chi connectivity index (χ1) is 6.02. The molecule has 1 aromatic rings. The zero-order valence-corrected chi connectivity index (χ0v) is 7.50. The van der Waals surface area contributed by atoms with E-state index in [2.05, 4.69) is 0 Å². The molecule has 1 rings (SSSR count). The summed E-state index contributed by atoms with van der Waals surface area (Å²) in [6.45, 7) is 1.73. The summed E-state index contributed by atoms with van der Waals surface area (Å²) in [5.74, 6) is -0.974. The number of rotatable bonds is 2. The molecule has 1 aromatic carbocycles. The molecule has 0 saturated carbocycles. The maximum atomic E-state index is 11.0. The van der Waals surface area contributed by atoms with Gasteiger partial charge in [-0.25, -0.2) is 4.79 Å². The van der Waals surface area contributed by atoms with Crippen LogP contribution in [0.15, 0.2) is 18.2 Å². The van der Waals surface area contributed by atoms with E-state index in [1.165, 1.54) is 19.2 Å². The molecule has 1 atom stereocenters. The van der Waals surface area contributed by atoms with Crippen molar-refractivity contribution >= 4 is 11.7 Å². The Bertz CT molecular complexity index is 334. The molecule has 0 fully saturated rings. The molecule has 13 heavy (non-hydrogen) atoms. The average Bonchev–Trinajstić information content (AvgIpc) is 2.03. The maximum absolute atomic E-state index is 11.0. The van der Waals surface area contributed by atoms with Crippen molar-refractivity contribution in [1.82, 2.24) is 0 Å². The van der Waals surface area contributed by atoms with E-state index in [0.717, 1.165) is 0 Å². The number of carbonyl (C=O) groups is 1. The fourth-order valence-electron chi connectivity index (χ4n) is 1.19. The van der Waals surface area contributed by atoms with E-state index in [-0.39, 0.29) is 10.6 Å². The Kier molecular flexibility index (Phi) is 2.65. The third-order valence-electron chi connectivity index (χ3n) is 1.85. The molecule has 0 aliphatic carbocycles. The van der Waals surface area contributed by atoms with Gasteiger partial charge in [0.25, 0.3) is 0 Å². The van der Waals surface area contributed by atoms with Gasteiger partial charge in [0.05, 0.1) is 12.6 Å². The molecule has 4 heteroatoms. The van der Waals surface area contributed by atoms with Crippen molar-refractivity contribution in [3.63, 3.8) is 0 Å². The smallest absolute Gasteiger partial charge is 0.335 e. The summed E-state index contributed by atoms with van der Waals surface area (Å²) < 4.78 is 0. The van der Waals surface area contributed by atoms with Gasteiger partial charge in [-0.3, -0.25) is 0 Å². The zero-order chi connectivity index (χ0) is 10.0.